The average molecular weight is 282 g/mol. The zero-order valence-electron chi connectivity index (χ0n) is 8.61. The number of nitrogens with two attached hydrogens (primary N) is 1. The Hall–Kier alpha value is -1.49. The first-order valence-corrected chi connectivity index (χ1v) is 5.71. The molecule has 0 unspecified atom stereocenters. The van der Waals surface area contributed by atoms with Crippen molar-refractivity contribution in [1.82, 2.24) is 10.2 Å². The van der Waals surface area contributed by atoms with Gasteiger partial charge in [0.15, 0.2) is 0 Å². The average Bonchev–Trinajstić information content (AvgIpc) is 2.64. The van der Waals surface area contributed by atoms with Crippen LogP contribution in [0.5, 0.6) is 5.75 Å². The topological polar surface area (TPSA) is 63.9 Å². The number of nitrogens with zero attached hydrogens (tertiary/aromatic N) is 1. The standard InChI is InChI=1S/C11H12BrN3O/c12-8-2-1-3-10(6-8)16-5-4-9-7-11(13)15-14-9/h1-3,6-7H,4-5H2,(H3,13,14,15). The highest BCUT2D eigenvalue weighted by Crippen LogP contribution is 2.17. The number of hydrogen-bond acceptors (Lipinski definition) is 3. The molecule has 0 aliphatic heterocycles. The van der Waals surface area contributed by atoms with E-state index in [2.05, 4.69) is 26.1 Å². The minimum Gasteiger partial charge on any atom is -0.493 e. The molecule has 1 aromatic heterocycles. The number of rotatable bonds is 4. The van der Waals surface area contributed by atoms with Crippen LogP contribution in [-0.2, 0) is 6.42 Å². The molecular weight excluding hydrogens is 270 g/mol. The van der Waals surface area contributed by atoms with Crippen LogP contribution >= 0.6 is 15.9 Å². The Morgan fingerprint density at radius 1 is 1.38 bits per heavy atom. The lowest BCUT2D eigenvalue weighted by Gasteiger charge is -2.04. The van der Waals surface area contributed by atoms with Crippen molar-refractivity contribution in [2.75, 3.05) is 12.3 Å². The Balaban J connectivity index is 1.84. The summed E-state index contributed by atoms with van der Waals surface area (Å²) in [5.74, 6) is 1.36. The lowest BCUT2D eigenvalue weighted by atomic mass is 10.3. The second-order valence-electron chi connectivity index (χ2n) is 3.37. The van der Waals surface area contributed by atoms with Crippen LogP contribution in [-0.4, -0.2) is 16.8 Å². The van der Waals surface area contributed by atoms with E-state index in [1.54, 1.807) is 0 Å². The smallest absolute Gasteiger partial charge is 0.145 e. The summed E-state index contributed by atoms with van der Waals surface area (Å²) in [6.45, 7) is 0.595. The van der Waals surface area contributed by atoms with Crippen LogP contribution in [0.25, 0.3) is 0 Å². The third-order valence-electron chi connectivity index (χ3n) is 2.09. The van der Waals surface area contributed by atoms with Crippen LogP contribution in [0.15, 0.2) is 34.8 Å². The molecule has 0 amide bonds. The van der Waals surface area contributed by atoms with E-state index in [4.69, 9.17) is 10.5 Å². The van der Waals surface area contributed by atoms with Gasteiger partial charge >= 0.3 is 0 Å². The lowest BCUT2D eigenvalue weighted by Crippen LogP contribution is -2.01. The first kappa shape index (κ1) is 11.0. The van der Waals surface area contributed by atoms with Gasteiger partial charge in [0, 0.05) is 22.7 Å². The van der Waals surface area contributed by atoms with Gasteiger partial charge in [-0.3, -0.25) is 5.10 Å². The lowest BCUT2D eigenvalue weighted by molar-refractivity contribution is 0.320. The normalized spacial score (nSPS) is 10.3. The molecular formula is C11H12BrN3O. The molecule has 4 nitrogen and oxygen atoms in total. The number of halogens is 1. The summed E-state index contributed by atoms with van der Waals surface area (Å²) in [7, 11) is 0. The monoisotopic (exact) mass is 281 g/mol. The van der Waals surface area contributed by atoms with E-state index in [0.29, 0.717) is 12.4 Å². The summed E-state index contributed by atoms with van der Waals surface area (Å²) in [6.07, 6.45) is 0.761. The van der Waals surface area contributed by atoms with E-state index in [-0.39, 0.29) is 0 Å². The van der Waals surface area contributed by atoms with E-state index in [1.165, 1.54) is 0 Å². The molecule has 0 saturated heterocycles. The molecule has 0 atom stereocenters. The summed E-state index contributed by atoms with van der Waals surface area (Å²) < 4.78 is 6.59. The van der Waals surface area contributed by atoms with E-state index in [0.717, 1.165) is 22.3 Å². The van der Waals surface area contributed by atoms with E-state index >= 15 is 0 Å². The van der Waals surface area contributed by atoms with Crippen LogP contribution in [0, 0.1) is 0 Å². The summed E-state index contributed by atoms with van der Waals surface area (Å²) in [5.41, 5.74) is 6.47. The molecule has 5 heteroatoms. The van der Waals surface area contributed by atoms with Gasteiger partial charge < -0.3 is 10.5 Å². The molecule has 16 heavy (non-hydrogen) atoms. The Labute approximate surface area is 102 Å². The van der Waals surface area contributed by atoms with Gasteiger partial charge in [-0.15, -0.1) is 0 Å². The molecule has 0 radical (unpaired) electrons. The fourth-order valence-corrected chi connectivity index (χ4v) is 1.72. The van der Waals surface area contributed by atoms with Crippen molar-refractivity contribution in [2.24, 2.45) is 0 Å². The van der Waals surface area contributed by atoms with Crippen molar-refractivity contribution >= 4 is 21.7 Å². The van der Waals surface area contributed by atoms with Gasteiger partial charge in [-0.1, -0.05) is 22.0 Å². The number of nitrogen functional groups attached to an aromatic ring is 1. The third-order valence-corrected chi connectivity index (χ3v) is 2.58. The maximum atomic E-state index is 5.58. The zero-order valence-corrected chi connectivity index (χ0v) is 10.2. The van der Waals surface area contributed by atoms with Gasteiger partial charge in [-0.2, -0.15) is 5.10 Å². The van der Waals surface area contributed by atoms with Crippen LogP contribution in [0.1, 0.15) is 5.69 Å². The Kier molecular flexibility index (Phi) is 3.46. The summed E-state index contributed by atoms with van der Waals surface area (Å²) in [6, 6.07) is 9.56. The summed E-state index contributed by atoms with van der Waals surface area (Å²) in [4.78, 5) is 0. The van der Waals surface area contributed by atoms with Crippen molar-refractivity contribution in [3.63, 3.8) is 0 Å². The Morgan fingerprint density at radius 2 is 2.25 bits per heavy atom. The zero-order chi connectivity index (χ0) is 11.4. The maximum absolute atomic E-state index is 5.58. The van der Waals surface area contributed by atoms with Gasteiger partial charge in [-0.25, -0.2) is 0 Å². The largest absolute Gasteiger partial charge is 0.493 e. The Morgan fingerprint density at radius 3 is 2.94 bits per heavy atom. The molecule has 0 aliphatic carbocycles. The predicted octanol–water partition coefficient (Wildman–Crippen LogP) is 2.38. The molecule has 0 aliphatic rings. The Bertz CT molecular complexity index is 470. The quantitative estimate of drug-likeness (QED) is 0.904. The molecule has 84 valence electrons. The van der Waals surface area contributed by atoms with Gasteiger partial charge in [0.25, 0.3) is 0 Å². The van der Waals surface area contributed by atoms with Crippen LogP contribution in [0.2, 0.25) is 0 Å². The van der Waals surface area contributed by atoms with Crippen LogP contribution in [0.4, 0.5) is 5.82 Å². The number of hydrogen-bond donors (Lipinski definition) is 2. The number of ether oxygens (including phenoxy) is 1. The van der Waals surface area contributed by atoms with Gasteiger partial charge in [0.05, 0.1) is 6.61 Å². The fraction of sp³-hybridized carbons (Fsp3) is 0.182. The number of nitrogens with one attached hydrogen (secondary N) is 1. The summed E-state index contributed by atoms with van der Waals surface area (Å²) >= 11 is 3.39. The highest BCUT2D eigenvalue weighted by Gasteiger charge is 1.99. The highest BCUT2D eigenvalue weighted by atomic mass is 79.9. The van der Waals surface area contributed by atoms with Crippen molar-refractivity contribution in [2.45, 2.75) is 6.42 Å². The fourth-order valence-electron chi connectivity index (χ4n) is 1.34. The number of anilines is 1. The molecule has 2 aromatic rings. The summed E-state index contributed by atoms with van der Waals surface area (Å²) in [5, 5.41) is 6.68. The molecule has 0 bridgehead atoms. The molecule has 1 heterocycles. The van der Waals surface area contributed by atoms with Crippen molar-refractivity contribution in [3.05, 3.63) is 40.5 Å². The molecule has 0 fully saturated rings. The second kappa shape index (κ2) is 5.03. The first-order chi connectivity index (χ1) is 7.74. The van der Waals surface area contributed by atoms with Crippen LogP contribution < -0.4 is 10.5 Å². The number of benzene rings is 1. The van der Waals surface area contributed by atoms with Gasteiger partial charge in [0.2, 0.25) is 0 Å². The third kappa shape index (κ3) is 3.00. The second-order valence-corrected chi connectivity index (χ2v) is 4.29. The minimum atomic E-state index is 0.512. The number of aromatic amines is 1. The van der Waals surface area contributed by atoms with Crippen LogP contribution in [0.3, 0.4) is 0 Å². The maximum Gasteiger partial charge on any atom is 0.145 e. The number of H-pyrrole nitrogens is 1. The molecule has 0 spiro atoms. The van der Waals surface area contributed by atoms with Crippen molar-refractivity contribution in [1.29, 1.82) is 0 Å². The van der Waals surface area contributed by atoms with Gasteiger partial charge in [0.1, 0.15) is 11.6 Å². The number of aromatic nitrogens is 2. The van der Waals surface area contributed by atoms with E-state index in [1.807, 2.05) is 30.3 Å². The van der Waals surface area contributed by atoms with E-state index < -0.39 is 0 Å². The SMILES string of the molecule is Nc1cc(CCOc2cccc(Br)c2)[nH]n1. The molecule has 1 aromatic carbocycles. The highest BCUT2D eigenvalue weighted by molar-refractivity contribution is 9.10. The predicted molar refractivity (Wildman–Crippen MR) is 66.3 cm³/mol. The minimum absolute atomic E-state index is 0.512. The van der Waals surface area contributed by atoms with Crippen molar-refractivity contribution < 1.29 is 4.74 Å². The molecule has 0 saturated carbocycles. The molecule has 2 rings (SSSR count). The molecule has 3 N–H and O–H groups in total. The van der Waals surface area contributed by atoms with Crippen molar-refractivity contribution in [3.8, 4) is 5.75 Å². The first-order valence-electron chi connectivity index (χ1n) is 4.92. The van der Waals surface area contributed by atoms with Gasteiger partial charge in [-0.05, 0) is 18.2 Å². The van der Waals surface area contributed by atoms with E-state index in [9.17, 15) is 0 Å².